The van der Waals surface area contributed by atoms with Crippen LogP contribution in [0.15, 0.2) is 24.5 Å². The second-order valence-corrected chi connectivity index (χ2v) is 7.15. The lowest BCUT2D eigenvalue weighted by molar-refractivity contribution is -0.132. The summed E-state index contributed by atoms with van der Waals surface area (Å²) < 4.78 is 2.79. The van der Waals surface area contributed by atoms with E-state index in [1.165, 1.54) is 4.88 Å². The Morgan fingerprint density at radius 3 is 3.05 bits per heavy atom. The number of carbonyl (C=O) groups excluding carboxylic acids is 1. The fourth-order valence-corrected chi connectivity index (χ4v) is 3.98. The predicted octanol–water partition coefficient (Wildman–Crippen LogP) is 3.43. The summed E-state index contributed by atoms with van der Waals surface area (Å²) in [5, 5.41) is 0. The lowest BCUT2D eigenvalue weighted by Crippen LogP contribution is -2.31. The van der Waals surface area contributed by atoms with Crippen LogP contribution in [0.3, 0.4) is 0 Å². The molecule has 3 heterocycles. The molecule has 1 amide bonds. The van der Waals surface area contributed by atoms with Crippen molar-refractivity contribution in [1.29, 1.82) is 0 Å². The number of amides is 1. The first-order valence-electron chi connectivity index (χ1n) is 7.16. The van der Waals surface area contributed by atoms with E-state index in [2.05, 4.69) is 4.98 Å². The monoisotopic (exact) mass is 323 g/mol. The quantitative estimate of drug-likeness (QED) is 0.864. The van der Waals surface area contributed by atoms with Gasteiger partial charge in [-0.25, -0.2) is 4.98 Å². The number of carbonyl (C=O) groups is 1. The van der Waals surface area contributed by atoms with E-state index in [9.17, 15) is 4.79 Å². The molecule has 1 aliphatic rings. The second kappa shape index (κ2) is 6.20. The standard InChI is InChI=1S/C15H18ClN3OS/c1-18-10-8-17-15(18)12-3-2-9-19(12)14(20)7-5-11-4-6-13(16)21-11/h4,6,8,10,12H,2-3,5,7,9H2,1H3/t12-/m0/s1. The van der Waals surface area contributed by atoms with E-state index in [1.807, 2.05) is 34.8 Å². The van der Waals surface area contributed by atoms with E-state index in [1.54, 1.807) is 17.5 Å². The summed E-state index contributed by atoms with van der Waals surface area (Å²) in [6.45, 7) is 0.835. The summed E-state index contributed by atoms with van der Waals surface area (Å²) in [6, 6.07) is 4.02. The Morgan fingerprint density at radius 1 is 1.52 bits per heavy atom. The van der Waals surface area contributed by atoms with Gasteiger partial charge in [0.05, 0.1) is 10.4 Å². The van der Waals surface area contributed by atoms with Gasteiger partial charge >= 0.3 is 0 Å². The van der Waals surface area contributed by atoms with E-state index < -0.39 is 0 Å². The lowest BCUT2D eigenvalue weighted by Gasteiger charge is -2.24. The Morgan fingerprint density at radius 2 is 2.38 bits per heavy atom. The topological polar surface area (TPSA) is 38.1 Å². The number of aromatic nitrogens is 2. The van der Waals surface area contributed by atoms with Crippen molar-refractivity contribution >= 4 is 28.8 Å². The van der Waals surface area contributed by atoms with Crippen molar-refractivity contribution < 1.29 is 4.79 Å². The van der Waals surface area contributed by atoms with Crippen LogP contribution in [0.5, 0.6) is 0 Å². The molecular weight excluding hydrogens is 306 g/mol. The normalized spacial score (nSPS) is 18.4. The molecule has 0 aromatic carbocycles. The molecule has 0 bridgehead atoms. The Hall–Kier alpha value is -1.33. The minimum Gasteiger partial charge on any atom is -0.336 e. The average molecular weight is 324 g/mol. The van der Waals surface area contributed by atoms with E-state index in [0.717, 1.165) is 36.0 Å². The highest BCUT2D eigenvalue weighted by Gasteiger charge is 2.31. The predicted molar refractivity (Wildman–Crippen MR) is 84.5 cm³/mol. The highest BCUT2D eigenvalue weighted by atomic mass is 35.5. The molecule has 21 heavy (non-hydrogen) atoms. The minimum atomic E-state index is 0.129. The summed E-state index contributed by atoms with van der Waals surface area (Å²) >= 11 is 7.47. The number of halogens is 1. The third-order valence-corrected chi connectivity index (χ3v) is 5.23. The molecule has 2 aromatic heterocycles. The van der Waals surface area contributed by atoms with Gasteiger partial charge in [0.15, 0.2) is 0 Å². The number of hydrogen-bond donors (Lipinski definition) is 0. The Kier molecular flexibility index (Phi) is 4.31. The summed E-state index contributed by atoms with van der Waals surface area (Å²) in [6.07, 6.45) is 7.08. The largest absolute Gasteiger partial charge is 0.336 e. The Labute approximate surface area is 133 Å². The van der Waals surface area contributed by atoms with Crippen molar-refractivity contribution in [3.05, 3.63) is 39.6 Å². The first kappa shape index (κ1) is 14.6. The number of rotatable bonds is 4. The van der Waals surface area contributed by atoms with E-state index in [-0.39, 0.29) is 11.9 Å². The molecule has 3 rings (SSSR count). The smallest absolute Gasteiger partial charge is 0.223 e. The molecule has 0 spiro atoms. The van der Waals surface area contributed by atoms with Crippen LogP contribution in [0.1, 0.15) is 36.0 Å². The van der Waals surface area contributed by atoms with Crippen LogP contribution < -0.4 is 0 Å². The van der Waals surface area contributed by atoms with Gasteiger partial charge in [-0.15, -0.1) is 11.3 Å². The van der Waals surface area contributed by atoms with Crippen molar-refractivity contribution in [2.24, 2.45) is 7.05 Å². The molecule has 2 aromatic rings. The highest BCUT2D eigenvalue weighted by molar-refractivity contribution is 7.16. The number of aryl methyl sites for hydroxylation is 2. The van der Waals surface area contributed by atoms with Gasteiger partial charge in [0.2, 0.25) is 5.91 Å². The fraction of sp³-hybridized carbons (Fsp3) is 0.467. The number of imidazole rings is 1. The molecule has 112 valence electrons. The van der Waals surface area contributed by atoms with Gasteiger partial charge in [-0.1, -0.05) is 11.6 Å². The van der Waals surface area contributed by atoms with Crippen molar-refractivity contribution in [3.8, 4) is 0 Å². The number of likely N-dealkylation sites (tertiary alicyclic amines) is 1. The maximum absolute atomic E-state index is 12.5. The van der Waals surface area contributed by atoms with Crippen molar-refractivity contribution in [2.75, 3.05) is 6.54 Å². The maximum Gasteiger partial charge on any atom is 0.223 e. The Bertz CT molecular complexity index is 636. The molecule has 1 aliphatic heterocycles. The molecule has 0 unspecified atom stereocenters. The Balaban J connectivity index is 1.65. The fourth-order valence-electron chi connectivity index (χ4n) is 2.89. The number of hydrogen-bond acceptors (Lipinski definition) is 3. The van der Waals surface area contributed by atoms with Crippen molar-refractivity contribution in [2.45, 2.75) is 31.7 Å². The van der Waals surface area contributed by atoms with Gasteiger partial charge < -0.3 is 9.47 Å². The second-order valence-electron chi connectivity index (χ2n) is 5.35. The first-order chi connectivity index (χ1) is 10.1. The zero-order valence-corrected chi connectivity index (χ0v) is 13.5. The minimum absolute atomic E-state index is 0.129. The van der Waals surface area contributed by atoms with Crippen LogP contribution in [-0.2, 0) is 18.3 Å². The summed E-state index contributed by atoms with van der Waals surface area (Å²) in [5.41, 5.74) is 0. The summed E-state index contributed by atoms with van der Waals surface area (Å²) in [7, 11) is 1.98. The SMILES string of the molecule is Cn1ccnc1[C@@H]1CCCN1C(=O)CCc1ccc(Cl)s1. The van der Waals surface area contributed by atoms with E-state index in [0.29, 0.717) is 6.42 Å². The van der Waals surface area contributed by atoms with Gasteiger partial charge in [0, 0.05) is 37.3 Å². The van der Waals surface area contributed by atoms with Crippen molar-refractivity contribution in [1.82, 2.24) is 14.5 Å². The highest BCUT2D eigenvalue weighted by Crippen LogP contribution is 2.31. The van der Waals surface area contributed by atoms with Gasteiger partial charge in [-0.3, -0.25) is 4.79 Å². The molecule has 0 radical (unpaired) electrons. The van der Waals surface area contributed by atoms with Crippen LogP contribution in [-0.4, -0.2) is 26.9 Å². The molecule has 4 nitrogen and oxygen atoms in total. The van der Waals surface area contributed by atoms with E-state index in [4.69, 9.17) is 11.6 Å². The van der Waals surface area contributed by atoms with Crippen LogP contribution in [0.4, 0.5) is 0 Å². The van der Waals surface area contributed by atoms with Crippen LogP contribution in [0.25, 0.3) is 0 Å². The third-order valence-electron chi connectivity index (χ3n) is 3.94. The molecule has 6 heteroatoms. The van der Waals surface area contributed by atoms with Gasteiger partial charge in [-0.05, 0) is 31.4 Å². The zero-order chi connectivity index (χ0) is 14.8. The molecule has 0 N–H and O–H groups in total. The van der Waals surface area contributed by atoms with Crippen molar-refractivity contribution in [3.63, 3.8) is 0 Å². The van der Waals surface area contributed by atoms with E-state index >= 15 is 0 Å². The maximum atomic E-state index is 12.5. The van der Waals surface area contributed by atoms with Crippen LogP contribution >= 0.6 is 22.9 Å². The summed E-state index contributed by atoms with van der Waals surface area (Å²) in [4.78, 5) is 20.1. The third kappa shape index (κ3) is 3.14. The molecule has 0 aliphatic carbocycles. The molecule has 0 saturated carbocycles. The molecule has 1 saturated heterocycles. The first-order valence-corrected chi connectivity index (χ1v) is 8.35. The summed E-state index contributed by atoms with van der Waals surface area (Å²) in [5.74, 6) is 1.20. The number of nitrogens with zero attached hydrogens (tertiary/aromatic N) is 3. The number of thiophene rings is 1. The molecule has 1 atom stereocenters. The van der Waals surface area contributed by atoms with Gasteiger partial charge in [0.25, 0.3) is 0 Å². The average Bonchev–Trinajstić information content (AvgIpc) is 3.16. The zero-order valence-electron chi connectivity index (χ0n) is 12.0. The van der Waals surface area contributed by atoms with Crippen LogP contribution in [0.2, 0.25) is 4.34 Å². The lowest BCUT2D eigenvalue weighted by atomic mass is 10.2. The van der Waals surface area contributed by atoms with Crippen LogP contribution in [0, 0.1) is 0 Å². The molecular formula is C15H18ClN3OS. The van der Waals surface area contributed by atoms with Gasteiger partial charge in [-0.2, -0.15) is 0 Å². The van der Waals surface area contributed by atoms with Gasteiger partial charge in [0.1, 0.15) is 5.82 Å². The molecule has 1 fully saturated rings.